The number of carbonyl (C=O) groups excluding carboxylic acids is 3. The largest absolute Gasteiger partial charge is 0.481 e. The average molecular weight is 399 g/mol. The van der Waals surface area contributed by atoms with Gasteiger partial charge in [0.25, 0.3) is 0 Å². The molecule has 8 nitrogen and oxygen atoms in total. The number of carboxylic acid groups (broad SMARTS) is 1. The Morgan fingerprint density at radius 1 is 0.897 bits per heavy atom. The fourth-order valence-electron chi connectivity index (χ4n) is 2.87. The van der Waals surface area contributed by atoms with Crippen LogP contribution in [0.5, 0.6) is 0 Å². The van der Waals surface area contributed by atoms with Gasteiger partial charge in [-0.05, 0) is 22.4 Å². The first-order valence-electron chi connectivity index (χ1n) is 9.36. The van der Waals surface area contributed by atoms with Gasteiger partial charge in [0.05, 0.1) is 12.5 Å². The number of carboxylic acids is 1. The van der Waals surface area contributed by atoms with Crippen LogP contribution >= 0.6 is 0 Å². The second-order valence-electron chi connectivity index (χ2n) is 6.66. The molecule has 0 spiro atoms. The number of rotatable bonds is 10. The van der Waals surface area contributed by atoms with Crippen molar-refractivity contribution in [2.45, 2.75) is 32.2 Å². The number of fused-ring (bicyclic) bond motifs is 1. The maximum atomic E-state index is 12.3. The summed E-state index contributed by atoms with van der Waals surface area (Å²) in [6.07, 6.45) is -0.341. The Morgan fingerprint density at radius 2 is 1.55 bits per heavy atom. The lowest BCUT2D eigenvalue weighted by atomic mass is 9.99. The summed E-state index contributed by atoms with van der Waals surface area (Å²) >= 11 is 0. The zero-order chi connectivity index (χ0) is 21.2. The molecule has 1 atom stereocenters. The summed E-state index contributed by atoms with van der Waals surface area (Å²) in [5.74, 6) is -1.93. The molecule has 0 bridgehead atoms. The van der Waals surface area contributed by atoms with Gasteiger partial charge in [0, 0.05) is 32.9 Å². The maximum absolute atomic E-state index is 12.3. The molecule has 3 amide bonds. The van der Waals surface area contributed by atoms with E-state index in [2.05, 4.69) is 16.0 Å². The van der Waals surface area contributed by atoms with E-state index in [1.165, 1.54) is 6.92 Å². The van der Waals surface area contributed by atoms with Crippen molar-refractivity contribution in [2.75, 3.05) is 13.1 Å². The van der Waals surface area contributed by atoms with Gasteiger partial charge in [0.1, 0.15) is 0 Å². The van der Waals surface area contributed by atoms with Crippen LogP contribution in [-0.4, -0.2) is 41.9 Å². The van der Waals surface area contributed by atoms with Gasteiger partial charge in [-0.3, -0.25) is 19.2 Å². The second-order valence-corrected chi connectivity index (χ2v) is 6.66. The minimum absolute atomic E-state index is 0.0244. The van der Waals surface area contributed by atoms with E-state index in [1.54, 1.807) is 6.07 Å². The minimum atomic E-state index is -1.03. The van der Waals surface area contributed by atoms with Gasteiger partial charge in [0.2, 0.25) is 17.7 Å². The van der Waals surface area contributed by atoms with E-state index in [0.717, 1.165) is 10.8 Å². The van der Waals surface area contributed by atoms with E-state index in [1.807, 2.05) is 36.4 Å². The lowest BCUT2D eigenvalue weighted by molar-refractivity contribution is -0.138. The third kappa shape index (κ3) is 7.61. The van der Waals surface area contributed by atoms with E-state index >= 15 is 0 Å². The molecule has 0 aromatic heterocycles. The van der Waals surface area contributed by atoms with E-state index in [0.29, 0.717) is 12.1 Å². The number of hydrogen-bond donors (Lipinski definition) is 4. The molecule has 2 rings (SSSR count). The highest BCUT2D eigenvalue weighted by Crippen LogP contribution is 2.23. The number of amides is 3. The summed E-state index contributed by atoms with van der Waals surface area (Å²) in [6, 6.07) is 12.5. The molecule has 0 aliphatic heterocycles. The van der Waals surface area contributed by atoms with Crippen LogP contribution in [0, 0.1) is 0 Å². The first kappa shape index (κ1) is 21.9. The van der Waals surface area contributed by atoms with E-state index < -0.39 is 17.9 Å². The van der Waals surface area contributed by atoms with Crippen LogP contribution in [0.15, 0.2) is 42.5 Å². The van der Waals surface area contributed by atoms with Gasteiger partial charge < -0.3 is 21.1 Å². The lowest BCUT2D eigenvalue weighted by Crippen LogP contribution is -2.35. The summed E-state index contributed by atoms with van der Waals surface area (Å²) in [5.41, 5.74) is 0.694. The highest BCUT2D eigenvalue weighted by molar-refractivity contribution is 5.85. The molecule has 0 aliphatic carbocycles. The molecule has 154 valence electrons. The van der Waals surface area contributed by atoms with Crippen molar-refractivity contribution in [3.05, 3.63) is 48.0 Å². The van der Waals surface area contributed by atoms with Crippen LogP contribution in [0.3, 0.4) is 0 Å². The Labute approximate surface area is 168 Å². The Morgan fingerprint density at radius 3 is 2.24 bits per heavy atom. The van der Waals surface area contributed by atoms with E-state index in [4.69, 9.17) is 0 Å². The Hall–Kier alpha value is -3.42. The number of hydrogen-bond acceptors (Lipinski definition) is 4. The summed E-state index contributed by atoms with van der Waals surface area (Å²) in [6.45, 7) is 1.98. The molecule has 0 saturated heterocycles. The number of nitrogens with one attached hydrogen (secondary N) is 3. The molecule has 0 aliphatic rings. The van der Waals surface area contributed by atoms with Gasteiger partial charge in [-0.25, -0.2) is 0 Å². The quantitative estimate of drug-likeness (QED) is 0.451. The monoisotopic (exact) mass is 399 g/mol. The van der Waals surface area contributed by atoms with E-state index in [9.17, 15) is 24.3 Å². The summed E-state index contributed by atoms with van der Waals surface area (Å²) in [4.78, 5) is 46.0. The third-order valence-electron chi connectivity index (χ3n) is 4.29. The zero-order valence-electron chi connectivity index (χ0n) is 16.2. The molecule has 0 unspecified atom stereocenters. The van der Waals surface area contributed by atoms with Crippen molar-refractivity contribution < 1.29 is 24.3 Å². The fourth-order valence-corrected chi connectivity index (χ4v) is 2.87. The van der Waals surface area contributed by atoms with Crippen molar-refractivity contribution >= 4 is 34.5 Å². The Bertz CT molecular complexity index is 897. The average Bonchev–Trinajstić information content (AvgIpc) is 2.68. The van der Waals surface area contributed by atoms with Crippen LogP contribution in [-0.2, 0) is 19.2 Å². The standard InChI is InChI=1S/C21H25N3O5/c1-14(25)22-10-11-23-19(26)8-9-20(27)24-18(13-21(28)29)17-7-6-15-4-2-3-5-16(15)12-17/h2-7,12,18H,8-11,13H2,1H3,(H,22,25)(H,23,26)(H,24,27)(H,28,29)/t18-/m0/s1. The normalized spacial score (nSPS) is 11.5. The van der Waals surface area contributed by atoms with Crippen LogP contribution in [0.1, 0.15) is 37.8 Å². The minimum Gasteiger partial charge on any atom is -0.481 e. The van der Waals surface area contributed by atoms with Crippen LogP contribution in [0.4, 0.5) is 0 Å². The van der Waals surface area contributed by atoms with Crippen LogP contribution in [0.2, 0.25) is 0 Å². The zero-order valence-corrected chi connectivity index (χ0v) is 16.2. The summed E-state index contributed by atoms with van der Waals surface area (Å²) in [5, 5.41) is 19.0. The molecule has 4 N–H and O–H groups in total. The summed E-state index contributed by atoms with van der Waals surface area (Å²) < 4.78 is 0. The van der Waals surface area contributed by atoms with Gasteiger partial charge in [0.15, 0.2) is 0 Å². The van der Waals surface area contributed by atoms with Gasteiger partial charge in [-0.15, -0.1) is 0 Å². The number of carbonyl (C=O) groups is 4. The Balaban J connectivity index is 1.91. The van der Waals surface area contributed by atoms with Crippen molar-refractivity contribution in [1.82, 2.24) is 16.0 Å². The molecule has 0 fully saturated rings. The molecular weight excluding hydrogens is 374 g/mol. The van der Waals surface area contributed by atoms with E-state index in [-0.39, 0.29) is 37.6 Å². The molecule has 8 heteroatoms. The van der Waals surface area contributed by atoms with Crippen molar-refractivity contribution in [3.8, 4) is 0 Å². The molecule has 2 aromatic carbocycles. The lowest BCUT2D eigenvalue weighted by Gasteiger charge is -2.18. The molecule has 29 heavy (non-hydrogen) atoms. The predicted molar refractivity (Wildman–Crippen MR) is 108 cm³/mol. The predicted octanol–water partition coefficient (Wildman–Crippen LogP) is 1.50. The van der Waals surface area contributed by atoms with Crippen LogP contribution in [0.25, 0.3) is 10.8 Å². The summed E-state index contributed by atoms with van der Waals surface area (Å²) in [7, 11) is 0. The Kier molecular flexibility index (Phi) is 8.14. The second kappa shape index (κ2) is 10.8. The fraction of sp³-hybridized carbons (Fsp3) is 0.333. The van der Waals surface area contributed by atoms with Gasteiger partial charge in [-0.1, -0.05) is 36.4 Å². The van der Waals surface area contributed by atoms with Gasteiger partial charge >= 0.3 is 5.97 Å². The highest BCUT2D eigenvalue weighted by Gasteiger charge is 2.19. The third-order valence-corrected chi connectivity index (χ3v) is 4.29. The van der Waals surface area contributed by atoms with Gasteiger partial charge in [-0.2, -0.15) is 0 Å². The molecule has 0 heterocycles. The van der Waals surface area contributed by atoms with Crippen molar-refractivity contribution in [3.63, 3.8) is 0 Å². The smallest absolute Gasteiger partial charge is 0.305 e. The number of benzene rings is 2. The first-order chi connectivity index (χ1) is 13.8. The maximum Gasteiger partial charge on any atom is 0.305 e. The van der Waals surface area contributed by atoms with Crippen molar-refractivity contribution in [2.24, 2.45) is 0 Å². The molecule has 2 aromatic rings. The number of aliphatic carboxylic acids is 1. The SMILES string of the molecule is CC(=O)NCCNC(=O)CCC(=O)N[C@@H](CC(=O)O)c1ccc2ccccc2c1. The van der Waals surface area contributed by atoms with Crippen molar-refractivity contribution in [1.29, 1.82) is 0 Å². The first-order valence-corrected chi connectivity index (χ1v) is 9.36. The molecular formula is C21H25N3O5. The topological polar surface area (TPSA) is 125 Å². The molecule has 0 radical (unpaired) electrons. The van der Waals surface area contributed by atoms with Crippen LogP contribution < -0.4 is 16.0 Å². The molecule has 0 saturated carbocycles. The highest BCUT2D eigenvalue weighted by atomic mass is 16.4.